The third-order valence-corrected chi connectivity index (χ3v) is 3.57. The first-order chi connectivity index (χ1) is 7.02. The molecule has 0 unspecified atom stereocenters. The van der Waals surface area contributed by atoms with E-state index in [9.17, 15) is 0 Å². The van der Waals surface area contributed by atoms with E-state index in [1.54, 1.807) is 11.8 Å². The Hall–Kier alpha value is -1.14. The van der Waals surface area contributed by atoms with E-state index in [0.29, 0.717) is 0 Å². The average Bonchev–Trinajstić information content (AvgIpc) is 2.62. The molecule has 0 aromatic heterocycles. The van der Waals surface area contributed by atoms with Crippen LogP contribution in [0.1, 0.15) is 31.9 Å². The highest BCUT2D eigenvalue weighted by molar-refractivity contribution is 8.00. The van der Waals surface area contributed by atoms with Crippen molar-refractivity contribution in [3.8, 4) is 6.07 Å². The van der Waals surface area contributed by atoms with E-state index in [1.165, 1.54) is 5.56 Å². The van der Waals surface area contributed by atoms with Crippen LogP contribution in [-0.4, -0.2) is 5.88 Å². The smallest absolute Gasteiger partial charge is 0.100 e. The number of fused-ring (bicyclic) bond motifs is 1. The van der Waals surface area contributed by atoms with Gasteiger partial charge in [-0.2, -0.15) is 5.26 Å². The van der Waals surface area contributed by atoms with E-state index < -0.39 is 0 Å². The van der Waals surface area contributed by atoms with Crippen molar-refractivity contribution in [2.75, 3.05) is 11.2 Å². The van der Waals surface area contributed by atoms with E-state index in [-0.39, 0.29) is 5.41 Å². The van der Waals surface area contributed by atoms with Gasteiger partial charge in [-0.05, 0) is 23.1 Å². The Balaban J connectivity index is 2.59. The quantitative estimate of drug-likeness (QED) is 0.725. The predicted molar refractivity (Wildman–Crippen MR) is 64.2 cm³/mol. The van der Waals surface area contributed by atoms with Crippen LogP contribution in [0, 0.1) is 11.3 Å². The Kier molecular flexibility index (Phi) is 2.40. The van der Waals surface area contributed by atoms with Gasteiger partial charge >= 0.3 is 0 Å². The third-order valence-electron chi connectivity index (χ3n) is 2.55. The summed E-state index contributed by atoms with van der Waals surface area (Å²) >= 11 is 1.70. The molecule has 0 radical (unpaired) electrons. The molecule has 1 aliphatic rings. The zero-order chi connectivity index (χ0) is 11.1. The topological polar surface area (TPSA) is 35.8 Å². The van der Waals surface area contributed by atoms with Gasteiger partial charge in [0.2, 0.25) is 0 Å². The maximum Gasteiger partial charge on any atom is 0.100 e. The van der Waals surface area contributed by atoms with Crippen LogP contribution in [0.5, 0.6) is 0 Å². The second-order valence-electron chi connectivity index (χ2n) is 4.73. The van der Waals surface area contributed by atoms with Gasteiger partial charge in [-0.1, -0.05) is 20.8 Å². The first-order valence-corrected chi connectivity index (χ1v) is 5.96. The van der Waals surface area contributed by atoms with Crippen LogP contribution in [0.3, 0.4) is 0 Å². The van der Waals surface area contributed by atoms with Crippen LogP contribution >= 0.6 is 11.8 Å². The molecule has 1 heterocycles. The molecule has 0 aliphatic carbocycles. The van der Waals surface area contributed by atoms with Crippen molar-refractivity contribution in [3.63, 3.8) is 0 Å². The number of rotatable bonds is 0. The molecule has 0 saturated carbocycles. The molecular formula is C12H14N2S. The molecule has 15 heavy (non-hydrogen) atoms. The van der Waals surface area contributed by atoms with Gasteiger partial charge in [-0.3, -0.25) is 0 Å². The Morgan fingerprint density at radius 2 is 2.13 bits per heavy atom. The van der Waals surface area contributed by atoms with Crippen molar-refractivity contribution in [2.24, 2.45) is 0 Å². The van der Waals surface area contributed by atoms with Crippen molar-refractivity contribution < 1.29 is 0 Å². The SMILES string of the molecule is CC(C)(C)c1cc(C#N)c2c(c1)NCS2. The molecule has 1 aromatic carbocycles. The fourth-order valence-corrected chi connectivity index (χ4v) is 2.54. The predicted octanol–water partition coefficient (Wildman–Crippen LogP) is 3.33. The van der Waals surface area contributed by atoms with E-state index in [0.717, 1.165) is 22.0 Å². The monoisotopic (exact) mass is 218 g/mol. The number of thioether (sulfide) groups is 1. The molecule has 78 valence electrons. The molecule has 1 aromatic rings. The Morgan fingerprint density at radius 3 is 2.73 bits per heavy atom. The summed E-state index contributed by atoms with van der Waals surface area (Å²) in [6.07, 6.45) is 0. The lowest BCUT2D eigenvalue weighted by atomic mass is 9.86. The summed E-state index contributed by atoms with van der Waals surface area (Å²) in [5.41, 5.74) is 3.22. The minimum atomic E-state index is 0.0928. The fraction of sp³-hybridized carbons (Fsp3) is 0.417. The number of benzene rings is 1. The van der Waals surface area contributed by atoms with Crippen molar-refractivity contribution >= 4 is 17.4 Å². The van der Waals surface area contributed by atoms with E-state index in [2.05, 4.69) is 38.2 Å². The van der Waals surface area contributed by atoms with Crippen molar-refractivity contribution in [2.45, 2.75) is 31.1 Å². The maximum absolute atomic E-state index is 9.10. The molecule has 0 atom stereocenters. The highest BCUT2D eigenvalue weighted by Crippen LogP contribution is 2.39. The van der Waals surface area contributed by atoms with Gasteiger partial charge < -0.3 is 5.32 Å². The lowest BCUT2D eigenvalue weighted by Gasteiger charge is -2.20. The molecule has 2 nitrogen and oxygen atoms in total. The highest BCUT2D eigenvalue weighted by atomic mass is 32.2. The second-order valence-corrected chi connectivity index (χ2v) is 5.71. The molecule has 0 spiro atoms. The number of hydrogen-bond donors (Lipinski definition) is 1. The molecule has 0 saturated heterocycles. The van der Waals surface area contributed by atoms with Crippen LogP contribution in [0.4, 0.5) is 5.69 Å². The van der Waals surface area contributed by atoms with Crippen molar-refractivity contribution in [1.82, 2.24) is 0 Å². The van der Waals surface area contributed by atoms with Crippen LogP contribution in [0.25, 0.3) is 0 Å². The van der Waals surface area contributed by atoms with E-state index >= 15 is 0 Å². The lowest BCUT2D eigenvalue weighted by Crippen LogP contribution is -2.11. The van der Waals surface area contributed by atoms with Gasteiger partial charge in [-0.15, -0.1) is 11.8 Å². The molecule has 0 fully saturated rings. The molecule has 1 N–H and O–H groups in total. The maximum atomic E-state index is 9.10. The molecule has 3 heteroatoms. The van der Waals surface area contributed by atoms with Crippen LogP contribution in [-0.2, 0) is 5.41 Å². The van der Waals surface area contributed by atoms with Gasteiger partial charge in [0.1, 0.15) is 6.07 Å². The third kappa shape index (κ3) is 1.82. The zero-order valence-corrected chi connectivity index (χ0v) is 10.0. The first kappa shape index (κ1) is 10.4. The highest BCUT2D eigenvalue weighted by Gasteiger charge is 2.21. The average molecular weight is 218 g/mol. The lowest BCUT2D eigenvalue weighted by molar-refractivity contribution is 0.590. The summed E-state index contributed by atoms with van der Waals surface area (Å²) in [6.45, 7) is 6.49. The number of nitriles is 1. The summed E-state index contributed by atoms with van der Waals surface area (Å²) in [4.78, 5) is 1.10. The Morgan fingerprint density at radius 1 is 1.40 bits per heavy atom. The largest absolute Gasteiger partial charge is 0.375 e. The zero-order valence-electron chi connectivity index (χ0n) is 9.22. The summed E-state index contributed by atoms with van der Waals surface area (Å²) in [7, 11) is 0. The van der Waals surface area contributed by atoms with E-state index in [1.807, 2.05) is 6.07 Å². The summed E-state index contributed by atoms with van der Waals surface area (Å²) in [5.74, 6) is 0.873. The summed E-state index contributed by atoms with van der Waals surface area (Å²) in [6, 6.07) is 6.45. The van der Waals surface area contributed by atoms with Crippen LogP contribution in [0.15, 0.2) is 17.0 Å². The van der Waals surface area contributed by atoms with Crippen LogP contribution in [0.2, 0.25) is 0 Å². The minimum Gasteiger partial charge on any atom is -0.375 e. The number of nitrogens with zero attached hydrogens (tertiary/aromatic N) is 1. The minimum absolute atomic E-state index is 0.0928. The van der Waals surface area contributed by atoms with E-state index in [4.69, 9.17) is 5.26 Å². The van der Waals surface area contributed by atoms with Gasteiger partial charge in [-0.25, -0.2) is 0 Å². The number of nitrogens with one attached hydrogen (secondary N) is 1. The van der Waals surface area contributed by atoms with Crippen molar-refractivity contribution in [1.29, 1.82) is 5.26 Å². The fourth-order valence-electron chi connectivity index (χ4n) is 1.62. The van der Waals surface area contributed by atoms with Gasteiger partial charge in [0.15, 0.2) is 0 Å². The normalized spacial score (nSPS) is 14.3. The number of anilines is 1. The summed E-state index contributed by atoms with van der Waals surface area (Å²) in [5, 5.41) is 12.4. The van der Waals surface area contributed by atoms with Crippen molar-refractivity contribution in [3.05, 3.63) is 23.3 Å². The Labute approximate surface area is 94.7 Å². The molecule has 1 aliphatic heterocycles. The first-order valence-electron chi connectivity index (χ1n) is 4.97. The van der Waals surface area contributed by atoms with Gasteiger partial charge in [0.05, 0.1) is 22.0 Å². The molecule has 0 amide bonds. The summed E-state index contributed by atoms with van der Waals surface area (Å²) < 4.78 is 0. The molecular weight excluding hydrogens is 204 g/mol. The standard InChI is InChI=1S/C12H14N2S/c1-12(2,3)9-4-8(6-13)11-10(5-9)14-7-15-11/h4-5,14H,7H2,1-3H3. The second kappa shape index (κ2) is 3.46. The number of hydrogen-bond acceptors (Lipinski definition) is 3. The molecule has 0 bridgehead atoms. The Bertz CT molecular complexity index is 438. The van der Waals surface area contributed by atoms with Gasteiger partial charge in [0, 0.05) is 0 Å². The molecule has 2 rings (SSSR count). The van der Waals surface area contributed by atoms with Gasteiger partial charge in [0.25, 0.3) is 0 Å². The van der Waals surface area contributed by atoms with Crippen LogP contribution < -0.4 is 5.32 Å².